The zero-order valence-electron chi connectivity index (χ0n) is 5.97. The smallest absolute Gasteiger partial charge is 0.0949 e. The maximum atomic E-state index is 3.97. The lowest BCUT2D eigenvalue weighted by molar-refractivity contribution is 0.810. The zero-order valence-corrected chi connectivity index (χ0v) is 6.79. The number of imidazole rings is 1. The largest absolute Gasteiger partial charge is 0.332 e. The van der Waals surface area contributed by atoms with Gasteiger partial charge in [-0.15, -0.1) is 11.3 Å². The molecule has 0 radical (unpaired) electrons. The second kappa shape index (κ2) is 2.88. The van der Waals surface area contributed by atoms with Gasteiger partial charge >= 0.3 is 0 Å². The first-order valence-electron chi connectivity index (χ1n) is 3.43. The summed E-state index contributed by atoms with van der Waals surface area (Å²) < 4.78 is 2.06. The molecule has 2 aromatic heterocycles. The standard InChI is InChI=1S/C8H8N2S/c1-2-8(11-5-1)6-10-4-3-9-7-10/h1-5,7H,6H2. The highest BCUT2D eigenvalue weighted by Gasteiger charge is 1.92. The SMILES string of the molecule is c1csc(Cn2ccnc2)c1. The second-order valence-electron chi connectivity index (χ2n) is 2.31. The van der Waals surface area contributed by atoms with E-state index in [1.165, 1.54) is 4.88 Å². The Hall–Kier alpha value is -1.09. The van der Waals surface area contributed by atoms with Crippen molar-refractivity contribution in [3.63, 3.8) is 0 Å². The summed E-state index contributed by atoms with van der Waals surface area (Å²) in [5, 5.41) is 2.09. The van der Waals surface area contributed by atoms with Gasteiger partial charge in [-0.05, 0) is 11.4 Å². The Balaban J connectivity index is 2.14. The highest BCUT2D eigenvalue weighted by atomic mass is 32.1. The normalized spacial score (nSPS) is 10.2. The van der Waals surface area contributed by atoms with Crippen LogP contribution in [0.4, 0.5) is 0 Å². The third-order valence-electron chi connectivity index (χ3n) is 1.48. The second-order valence-corrected chi connectivity index (χ2v) is 3.35. The quantitative estimate of drug-likeness (QED) is 0.663. The topological polar surface area (TPSA) is 17.8 Å². The summed E-state index contributed by atoms with van der Waals surface area (Å²) >= 11 is 1.77. The highest BCUT2D eigenvalue weighted by Crippen LogP contribution is 2.09. The molecule has 0 aliphatic carbocycles. The van der Waals surface area contributed by atoms with Gasteiger partial charge in [-0.2, -0.15) is 0 Å². The van der Waals surface area contributed by atoms with E-state index in [0.29, 0.717) is 0 Å². The van der Waals surface area contributed by atoms with Gasteiger partial charge in [-0.1, -0.05) is 6.07 Å². The summed E-state index contributed by atoms with van der Waals surface area (Å²) in [6, 6.07) is 4.20. The molecule has 0 fully saturated rings. The van der Waals surface area contributed by atoms with Crippen molar-refractivity contribution in [2.75, 3.05) is 0 Å². The molecule has 0 saturated carbocycles. The molecular weight excluding hydrogens is 156 g/mol. The fraction of sp³-hybridized carbons (Fsp3) is 0.125. The molecule has 0 bridgehead atoms. The van der Waals surface area contributed by atoms with Gasteiger partial charge in [-0.25, -0.2) is 4.98 Å². The molecule has 0 amide bonds. The van der Waals surface area contributed by atoms with Crippen molar-refractivity contribution in [1.29, 1.82) is 0 Å². The summed E-state index contributed by atoms with van der Waals surface area (Å²) in [6.07, 6.45) is 5.60. The summed E-state index contributed by atoms with van der Waals surface area (Å²) in [4.78, 5) is 5.33. The number of nitrogens with zero attached hydrogens (tertiary/aromatic N) is 2. The fourth-order valence-electron chi connectivity index (χ4n) is 0.963. The van der Waals surface area contributed by atoms with Crippen LogP contribution in [-0.4, -0.2) is 9.55 Å². The monoisotopic (exact) mass is 164 g/mol. The summed E-state index contributed by atoms with van der Waals surface area (Å²) in [7, 11) is 0. The molecule has 56 valence electrons. The van der Waals surface area contributed by atoms with Crippen LogP contribution in [-0.2, 0) is 6.54 Å². The zero-order chi connectivity index (χ0) is 7.52. The molecule has 2 nitrogen and oxygen atoms in total. The molecule has 0 unspecified atom stereocenters. The van der Waals surface area contributed by atoms with Crippen LogP contribution in [0.25, 0.3) is 0 Å². The van der Waals surface area contributed by atoms with Gasteiger partial charge in [0.25, 0.3) is 0 Å². The van der Waals surface area contributed by atoms with Gasteiger partial charge in [0.1, 0.15) is 0 Å². The lowest BCUT2D eigenvalue weighted by Crippen LogP contribution is -1.92. The van der Waals surface area contributed by atoms with Crippen molar-refractivity contribution in [2.45, 2.75) is 6.54 Å². The van der Waals surface area contributed by atoms with E-state index >= 15 is 0 Å². The summed E-state index contributed by atoms with van der Waals surface area (Å²) in [5.74, 6) is 0. The van der Waals surface area contributed by atoms with E-state index in [1.807, 2.05) is 12.5 Å². The average Bonchev–Trinajstić information content (AvgIpc) is 2.60. The van der Waals surface area contributed by atoms with Crippen LogP contribution in [0.15, 0.2) is 36.2 Å². The van der Waals surface area contributed by atoms with E-state index < -0.39 is 0 Å². The van der Waals surface area contributed by atoms with Crippen LogP contribution < -0.4 is 0 Å². The minimum atomic E-state index is 0.942. The molecule has 0 aliphatic heterocycles. The van der Waals surface area contributed by atoms with Crippen LogP contribution in [0.2, 0.25) is 0 Å². The molecule has 0 aliphatic rings. The van der Waals surface area contributed by atoms with E-state index in [2.05, 4.69) is 27.1 Å². The van der Waals surface area contributed by atoms with Crippen LogP contribution in [0.3, 0.4) is 0 Å². The molecule has 2 aromatic rings. The van der Waals surface area contributed by atoms with Crippen molar-refractivity contribution in [2.24, 2.45) is 0 Å². The Bertz CT molecular complexity index is 264. The van der Waals surface area contributed by atoms with Crippen LogP contribution in [0, 0.1) is 0 Å². The minimum absolute atomic E-state index is 0.942. The van der Waals surface area contributed by atoms with Crippen LogP contribution in [0.1, 0.15) is 4.88 Å². The van der Waals surface area contributed by atoms with E-state index in [-0.39, 0.29) is 0 Å². The van der Waals surface area contributed by atoms with Gasteiger partial charge in [0, 0.05) is 17.3 Å². The molecule has 0 aromatic carbocycles. The highest BCUT2D eigenvalue weighted by molar-refractivity contribution is 7.09. The van der Waals surface area contributed by atoms with E-state index in [1.54, 1.807) is 17.5 Å². The molecule has 3 heteroatoms. The van der Waals surface area contributed by atoms with E-state index in [4.69, 9.17) is 0 Å². The maximum absolute atomic E-state index is 3.97. The first-order valence-corrected chi connectivity index (χ1v) is 4.31. The Morgan fingerprint density at radius 3 is 3.18 bits per heavy atom. The summed E-state index contributed by atoms with van der Waals surface area (Å²) in [6.45, 7) is 0.942. The molecule has 2 heterocycles. The Labute approximate surface area is 69.1 Å². The molecule has 0 spiro atoms. The number of hydrogen-bond acceptors (Lipinski definition) is 2. The predicted octanol–water partition coefficient (Wildman–Crippen LogP) is 1.99. The fourth-order valence-corrected chi connectivity index (χ4v) is 1.68. The van der Waals surface area contributed by atoms with Crippen molar-refractivity contribution >= 4 is 11.3 Å². The Morgan fingerprint density at radius 2 is 2.55 bits per heavy atom. The molecule has 2 rings (SSSR count). The molecule has 0 N–H and O–H groups in total. The van der Waals surface area contributed by atoms with Gasteiger partial charge in [0.15, 0.2) is 0 Å². The average molecular weight is 164 g/mol. The third-order valence-corrected chi connectivity index (χ3v) is 2.34. The molecule has 11 heavy (non-hydrogen) atoms. The van der Waals surface area contributed by atoms with Crippen LogP contribution in [0.5, 0.6) is 0 Å². The molecular formula is C8H8N2S. The Morgan fingerprint density at radius 1 is 1.55 bits per heavy atom. The van der Waals surface area contributed by atoms with E-state index in [0.717, 1.165) is 6.54 Å². The maximum Gasteiger partial charge on any atom is 0.0949 e. The number of thiophene rings is 1. The van der Waals surface area contributed by atoms with Gasteiger partial charge < -0.3 is 4.57 Å². The van der Waals surface area contributed by atoms with E-state index in [9.17, 15) is 0 Å². The number of hydrogen-bond donors (Lipinski definition) is 0. The van der Waals surface area contributed by atoms with Crippen LogP contribution >= 0.6 is 11.3 Å². The van der Waals surface area contributed by atoms with Gasteiger partial charge in [0.2, 0.25) is 0 Å². The lowest BCUT2D eigenvalue weighted by atomic mass is 10.5. The molecule has 0 saturated heterocycles. The number of aromatic nitrogens is 2. The lowest BCUT2D eigenvalue weighted by Gasteiger charge is -1.96. The summed E-state index contributed by atoms with van der Waals surface area (Å²) in [5.41, 5.74) is 0. The third kappa shape index (κ3) is 1.49. The first kappa shape index (κ1) is 6.61. The number of rotatable bonds is 2. The minimum Gasteiger partial charge on any atom is -0.332 e. The van der Waals surface area contributed by atoms with Crippen molar-refractivity contribution < 1.29 is 0 Å². The van der Waals surface area contributed by atoms with Crippen molar-refractivity contribution in [3.05, 3.63) is 41.1 Å². The Kier molecular flexibility index (Phi) is 1.73. The van der Waals surface area contributed by atoms with Crippen molar-refractivity contribution in [1.82, 2.24) is 9.55 Å². The van der Waals surface area contributed by atoms with Crippen molar-refractivity contribution in [3.8, 4) is 0 Å². The van der Waals surface area contributed by atoms with Gasteiger partial charge in [-0.3, -0.25) is 0 Å². The molecule has 0 atom stereocenters. The predicted molar refractivity (Wildman–Crippen MR) is 45.6 cm³/mol. The first-order chi connectivity index (χ1) is 5.45. The van der Waals surface area contributed by atoms with Gasteiger partial charge in [0.05, 0.1) is 12.9 Å².